The van der Waals surface area contributed by atoms with Crippen LogP contribution in [0.25, 0.3) is 0 Å². The maximum absolute atomic E-state index is 5.00. The molecule has 1 aliphatic heterocycles. The summed E-state index contributed by atoms with van der Waals surface area (Å²) in [6.07, 6.45) is 1.15. The van der Waals surface area contributed by atoms with Gasteiger partial charge in [-0.15, -0.1) is 5.56 Å². The van der Waals surface area contributed by atoms with Gasteiger partial charge >= 0.3 is 0 Å². The summed E-state index contributed by atoms with van der Waals surface area (Å²) in [5, 5.41) is 0. The zero-order valence-corrected chi connectivity index (χ0v) is 9.96. The zero-order valence-electron chi connectivity index (χ0n) is 8.86. The monoisotopic (exact) mass is 258 g/mol. The number of rotatable bonds is 1. The Morgan fingerprint density at radius 3 is 2.00 bits per heavy atom. The molecule has 2 aromatic rings. The fourth-order valence-corrected chi connectivity index (χ4v) is 1.48. The third-order valence-electron chi connectivity index (χ3n) is 2.26. The van der Waals surface area contributed by atoms with Crippen LogP contribution < -0.4 is 0 Å². The van der Waals surface area contributed by atoms with Crippen molar-refractivity contribution in [3.8, 4) is 0 Å². The summed E-state index contributed by atoms with van der Waals surface area (Å²) in [5.74, 6) is 0. The molecule has 1 atom stereocenters. The second-order valence-electron chi connectivity index (χ2n) is 3.38. The van der Waals surface area contributed by atoms with Gasteiger partial charge in [-0.3, -0.25) is 0 Å². The van der Waals surface area contributed by atoms with E-state index in [0.29, 0.717) is 0 Å². The van der Waals surface area contributed by atoms with Crippen molar-refractivity contribution in [1.82, 2.24) is 0 Å². The molecule has 16 heavy (non-hydrogen) atoms. The molecule has 2 nitrogen and oxygen atoms in total. The molecule has 0 saturated carbocycles. The van der Waals surface area contributed by atoms with Gasteiger partial charge in [0.15, 0.2) is 0 Å². The molecule has 1 fully saturated rings. The van der Waals surface area contributed by atoms with Gasteiger partial charge in [0.25, 0.3) is 0 Å². The van der Waals surface area contributed by atoms with E-state index in [1.807, 2.05) is 42.5 Å². The predicted octanol–water partition coefficient (Wildman–Crippen LogP) is 3.20. The summed E-state index contributed by atoms with van der Waals surface area (Å²) in [5.41, 5.74) is 1.22. The van der Waals surface area contributed by atoms with Crippen molar-refractivity contribution in [3.63, 3.8) is 0 Å². The quantitative estimate of drug-likeness (QED) is 0.444. The smallest absolute Gasteiger partial charge is 0.0841 e. The molecule has 3 rings (SSSR count). The van der Waals surface area contributed by atoms with Crippen LogP contribution in [0, 0.1) is 0 Å². The van der Waals surface area contributed by atoms with E-state index in [4.69, 9.17) is 9.78 Å². The van der Waals surface area contributed by atoms with E-state index in [2.05, 4.69) is 12.1 Å². The van der Waals surface area contributed by atoms with E-state index >= 15 is 0 Å². The van der Waals surface area contributed by atoms with E-state index in [-0.39, 0.29) is 23.2 Å². The summed E-state index contributed by atoms with van der Waals surface area (Å²) < 4.78 is 0. The van der Waals surface area contributed by atoms with Gasteiger partial charge in [-0.05, 0) is 6.42 Å². The molecule has 3 heteroatoms. The standard InChI is InChI=1S/C8H9O2.C5H5.Fe/c1-2-4-7(3-1)8-5-6-9-10-8;1-2-4-5-3-1;/h1-4,8H,5-6H2;1-5H;/q-1;-5;. The van der Waals surface area contributed by atoms with E-state index in [1.54, 1.807) is 0 Å². The molecule has 0 spiro atoms. The van der Waals surface area contributed by atoms with Crippen LogP contribution in [0.2, 0.25) is 0 Å². The maximum Gasteiger partial charge on any atom is 0.0841 e. The van der Waals surface area contributed by atoms with Gasteiger partial charge in [0.2, 0.25) is 0 Å². The van der Waals surface area contributed by atoms with E-state index in [1.165, 1.54) is 5.56 Å². The van der Waals surface area contributed by atoms with Crippen LogP contribution in [0.5, 0.6) is 0 Å². The first-order valence-corrected chi connectivity index (χ1v) is 5.13. The van der Waals surface area contributed by atoms with Gasteiger partial charge in [-0.1, -0.05) is 0 Å². The Kier molecular flexibility index (Phi) is 6.12. The van der Waals surface area contributed by atoms with Crippen molar-refractivity contribution in [3.05, 3.63) is 60.2 Å². The Bertz CT molecular complexity index is 317. The molecule has 0 aromatic heterocycles. The van der Waals surface area contributed by atoms with Crippen molar-refractivity contribution in [2.45, 2.75) is 12.5 Å². The Balaban J connectivity index is 0.000000183. The molecule has 2 aromatic carbocycles. The second-order valence-corrected chi connectivity index (χ2v) is 3.38. The van der Waals surface area contributed by atoms with Gasteiger partial charge in [0.1, 0.15) is 0 Å². The van der Waals surface area contributed by atoms with Crippen LogP contribution in [0.4, 0.5) is 0 Å². The van der Waals surface area contributed by atoms with Crippen molar-refractivity contribution < 1.29 is 26.8 Å². The molecule has 1 unspecified atom stereocenters. The maximum atomic E-state index is 5.00. The summed E-state index contributed by atoms with van der Waals surface area (Å²) >= 11 is 0. The molecule has 1 heterocycles. The van der Waals surface area contributed by atoms with Gasteiger partial charge < -0.3 is 30.3 Å². The molecular formula is C13H14FeO2-6. The van der Waals surface area contributed by atoms with E-state index in [0.717, 1.165) is 13.0 Å². The summed E-state index contributed by atoms with van der Waals surface area (Å²) in [4.78, 5) is 9.78. The number of hydrogen-bond donors (Lipinski definition) is 0. The first-order chi connectivity index (χ1) is 7.47. The minimum atomic E-state index is 0. The molecule has 0 aliphatic carbocycles. The van der Waals surface area contributed by atoms with Crippen LogP contribution in [0.3, 0.4) is 0 Å². The molecule has 0 radical (unpaired) electrons. The molecular weight excluding hydrogens is 244 g/mol. The van der Waals surface area contributed by atoms with Crippen molar-refractivity contribution in [2.75, 3.05) is 6.61 Å². The van der Waals surface area contributed by atoms with Gasteiger partial charge in [-0.2, -0.15) is 12.1 Å². The molecule has 0 amide bonds. The second kappa shape index (κ2) is 7.42. The third-order valence-corrected chi connectivity index (χ3v) is 2.26. The fraction of sp³-hybridized carbons (Fsp3) is 0.231. The van der Waals surface area contributed by atoms with E-state index in [9.17, 15) is 0 Å². The van der Waals surface area contributed by atoms with Crippen molar-refractivity contribution >= 4 is 0 Å². The Labute approximate surface area is 106 Å². The normalized spacial score (nSPS) is 18.4. The Morgan fingerprint density at radius 2 is 1.56 bits per heavy atom. The third kappa shape index (κ3) is 3.95. The average molecular weight is 258 g/mol. The minimum absolute atomic E-state index is 0. The Hall–Kier alpha value is -0.861. The molecule has 1 aliphatic rings. The molecule has 0 N–H and O–H groups in total. The average Bonchev–Trinajstić information content (AvgIpc) is 3.06. The van der Waals surface area contributed by atoms with Gasteiger partial charge in [0, 0.05) is 17.1 Å². The van der Waals surface area contributed by atoms with Gasteiger partial charge in [-0.25, -0.2) is 21.9 Å². The van der Waals surface area contributed by atoms with E-state index < -0.39 is 0 Å². The SMILES string of the molecule is [Fe].[cH-]1[cH-][cH-][cH-][cH-]1.c1cc[c-](C2CCOO2)c1. The summed E-state index contributed by atoms with van der Waals surface area (Å²) in [6.45, 7) is 0.718. The van der Waals surface area contributed by atoms with Crippen LogP contribution in [0.15, 0.2) is 54.6 Å². The van der Waals surface area contributed by atoms with Crippen molar-refractivity contribution in [2.24, 2.45) is 0 Å². The zero-order chi connectivity index (χ0) is 10.3. The predicted molar refractivity (Wildman–Crippen MR) is 58.5 cm³/mol. The van der Waals surface area contributed by atoms with Crippen LogP contribution in [-0.4, -0.2) is 6.61 Å². The van der Waals surface area contributed by atoms with Gasteiger partial charge in [0.05, 0.1) is 12.7 Å². The first kappa shape index (κ1) is 13.2. The molecule has 1 saturated heterocycles. The topological polar surface area (TPSA) is 18.5 Å². The fourth-order valence-electron chi connectivity index (χ4n) is 1.48. The summed E-state index contributed by atoms with van der Waals surface area (Å²) in [6, 6.07) is 18.1. The van der Waals surface area contributed by atoms with Crippen LogP contribution in [-0.2, 0) is 26.8 Å². The molecule has 0 bridgehead atoms. The number of hydrogen-bond acceptors (Lipinski definition) is 2. The minimum Gasteiger partial charge on any atom is -0.748 e. The summed E-state index contributed by atoms with van der Waals surface area (Å²) in [7, 11) is 0. The van der Waals surface area contributed by atoms with Crippen LogP contribution >= 0.6 is 0 Å². The van der Waals surface area contributed by atoms with Crippen molar-refractivity contribution in [1.29, 1.82) is 0 Å². The van der Waals surface area contributed by atoms with Crippen LogP contribution in [0.1, 0.15) is 18.1 Å². The Morgan fingerprint density at radius 1 is 1.00 bits per heavy atom. The largest absolute Gasteiger partial charge is 0.748 e. The first-order valence-electron chi connectivity index (χ1n) is 5.13. The molecule has 92 valence electrons.